The Balaban J connectivity index is 1.42. The molecule has 1 aromatic heterocycles. The van der Waals surface area contributed by atoms with Gasteiger partial charge in [0.25, 0.3) is 5.91 Å². The lowest BCUT2D eigenvalue weighted by atomic mass is 10.1. The fourth-order valence-electron chi connectivity index (χ4n) is 3.24. The summed E-state index contributed by atoms with van der Waals surface area (Å²) in [5.41, 5.74) is 3.67. The van der Waals surface area contributed by atoms with Crippen LogP contribution in [0, 0.1) is 6.92 Å². The summed E-state index contributed by atoms with van der Waals surface area (Å²) in [4.78, 5) is 24.9. The number of halogens is 1. The van der Waals surface area contributed by atoms with Gasteiger partial charge in [-0.25, -0.2) is 0 Å². The Hall–Kier alpha value is -3.62. The van der Waals surface area contributed by atoms with Crippen molar-refractivity contribution in [1.82, 2.24) is 14.8 Å². The highest BCUT2D eigenvalue weighted by Gasteiger charge is 2.15. The summed E-state index contributed by atoms with van der Waals surface area (Å²) in [5.74, 6) is 0.405. The van der Waals surface area contributed by atoms with Gasteiger partial charge in [0.1, 0.15) is 0 Å². The van der Waals surface area contributed by atoms with E-state index >= 15 is 0 Å². The lowest BCUT2D eigenvalue weighted by Gasteiger charge is -2.09. The van der Waals surface area contributed by atoms with E-state index in [1.165, 1.54) is 11.8 Å². The molecule has 0 aliphatic heterocycles. The van der Waals surface area contributed by atoms with E-state index in [2.05, 4.69) is 20.8 Å². The number of rotatable bonds is 7. The maximum atomic E-state index is 12.6. The first kappa shape index (κ1) is 23.5. The van der Waals surface area contributed by atoms with Gasteiger partial charge in [-0.1, -0.05) is 65.3 Å². The number of anilines is 2. The van der Waals surface area contributed by atoms with E-state index in [4.69, 9.17) is 11.6 Å². The SMILES string of the molecule is Cc1ccc(NC(=O)CSc2nnc(-c3cccc(NC(=O)c4ccccc4Cl)c3)n2C)cc1. The van der Waals surface area contributed by atoms with Crippen molar-refractivity contribution < 1.29 is 9.59 Å². The summed E-state index contributed by atoms with van der Waals surface area (Å²) in [6, 6.07) is 21.8. The number of aromatic nitrogens is 3. The predicted molar refractivity (Wildman–Crippen MR) is 136 cm³/mol. The lowest BCUT2D eigenvalue weighted by molar-refractivity contribution is -0.113. The minimum atomic E-state index is -0.295. The Morgan fingerprint density at radius 3 is 2.47 bits per heavy atom. The highest BCUT2D eigenvalue weighted by molar-refractivity contribution is 7.99. The van der Waals surface area contributed by atoms with Crippen LogP contribution in [0.3, 0.4) is 0 Å². The zero-order valence-corrected chi connectivity index (χ0v) is 20.2. The molecule has 34 heavy (non-hydrogen) atoms. The second-order valence-electron chi connectivity index (χ2n) is 7.58. The molecule has 0 bridgehead atoms. The van der Waals surface area contributed by atoms with Crippen LogP contribution in [0.2, 0.25) is 5.02 Å². The van der Waals surface area contributed by atoms with Gasteiger partial charge >= 0.3 is 0 Å². The van der Waals surface area contributed by atoms with Gasteiger partial charge in [-0.2, -0.15) is 0 Å². The summed E-state index contributed by atoms with van der Waals surface area (Å²) in [5, 5.41) is 15.2. The molecule has 2 amide bonds. The largest absolute Gasteiger partial charge is 0.325 e. The molecule has 0 saturated carbocycles. The van der Waals surface area contributed by atoms with Gasteiger partial charge in [-0.05, 0) is 43.3 Å². The minimum absolute atomic E-state index is 0.123. The van der Waals surface area contributed by atoms with Crippen molar-refractivity contribution in [1.29, 1.82) is 0 Å². The number of carbonyl (C=O) groups excluding carboxylic acids is 2. The van der Waals surface area contributed by atoms with Gasteiger partial charge in [0.05, 0.1) is 16.3 Å². The zero-order chi connectivity index (χ0) is 24.1. The summed E-state index contributed by atoms with van der Waals surface area (Å²) in [6.07, 6.45) is 0. The van der Waals surface area contributed by atoms with Gasteiger partial charge < -0.3 is 15.2 Å². The van der Waals surface area contributed by atoms with Crippen molar-refractivity contribution in [2.75, 3.05) is 16.4 Å². The molecule has 0 aliphatic rings. The molecule has 0 aliphatic carbocycles. The van der Waals surface area contributed by atoms with E-state index < -0.39 is 0 Å². The maximum Gasteiger partial charge on any atom is 0.257 e. The number of amides is 2. The molecule has 0 saturated heterocycles. The monoisotopic (exact) mass is 491 g/mol. The molecular weight excluding hydrogens is 470 g/mol. The first-order chi connectivity index (χ1) is 16.4. The Bertz CT molecular complexity index is 1340. The number of nitrogens with zero attached hydrogens (tertiary/aromatic N) is 3. The van der Waals surface area contributed by atoms with Gasteiger partial charge in [0, 0.05) is 24.0 Å². The average molecular weight is 492 g/mol. The summed E-state index contributed by atoms with van der Waals surface area (Å²) >= 11 is 7.43. The number of nitrogens with one attached hydrogen (secondary N) is 2. The van der Waals surface area contributed by atoms with Crippen LogP contribution >= 0.6 is 23.4 Å². The number of hydrogen-bond donors (Lipinski definition) is 2. The number of benzene rings is 3. The Morgan fingerprint density at radius 2 is 1.71 bits per heavy atom. The third kappa shape index (κ3) is 5.65. The van der Waals surface area contributed by atoms with Crippen LogP contribution < -0.4 is 10.6 Å². The molecular formula is C25H22ClN5O2S. The van der Waals surface area contributed by atoms with Crippen LogP contribution in [0.5, 0.6) is 0 Å². The van der Waals surface area contributed by atoms with Crippen molar-refractivity contribution in [3.63, 3.8) is 0 Å². The van der Waals surface area contributed by atoms with Crippen LogP contribution in [0.4, 0.5) is 11.4 Å². The summed E-state index contributed by atoms with van der Waals surface area (Å²) in [6.45, 7) is 2.00. The second-order valence-corrected chi connectivity index (χ2v) is 8.93. The topological polar surface area (TPSA) is 88.9 Å². The summed E-state index contributed by atoms with van der Waals surface area (Å²) < 4.78 is 1.82. The third-order valence-corrected chi connectivity index (χ3v) is 6.35. The van der Waals surface area contributed by atoms with E-state index in [1.807, 2.05) is 61.0 Å². The fraction of sp³-hybridized carbons (Fsp3) is 0.120. The molecule has 0 unspecified atom stereocenters. The predicted octanol–water partition coefficient (Wildman–Crippen LogP) is 5.43. The Labute approximate surface area is 206 Å². The number of aryl methyl sites for hydroxylation is 1. The van der Waals surface area contributed by atoms with E-state index in [0.717, 1.165) is 16.8 Å². The lowest BCUT2D eigenvalue weighted by Crippen LogP contribution is -2.14. The van der Waals surface area contributed by atoms with Gasteiger partial charge in [0.15, 0.2) is 11.0 Å². The average Bonchev–Trinajstić information content (AvgIpc) is 3.20. The third-order valence-electron chi connectivity index (χ3n) is 5.00. The first-order valence-corrected chi connectivity index (χ1v) is 11.8. The minimum Gasteiger partial charge on any atom is -0.325 e. The molecule has 3 aromatic carbocycles. The number of carbonyl (C=O) groups is 2. The van der Waals surface area contributed by atoms with Crippen LogP contribution in [0.15, 0.2) is 78.0 Å². The number of thioether (sulfide) groups is 1. The molecule has 9 heteroatoms. The molecule has 4 aromatic rings. The summed E-state index contributed by atoms with van der Waals surface area (Å²) in [7, 11) is 1.84. The normalized spacial score (nSPS) is 10.7. The van der Waals surface area contributed by atoms with Crippen LogP contribution in [-0.4, -0.2) is 32.3 Å². The number of hydrogen-bond acceptors (Lipinski definition) is 5. The van der Waals surface area contributed by atoms with Crippen molar-refractivity contribution in [2.45, 2.75) is 12.1 Å². The Kier molecular flexibility index (Phi) is 7.30. The molecule has 7 nitrogen and oxygen atoms in total. The van der Waals surface area contributed by atoms with Gasteiger partial charge in [0.2, 0.25) is 5.91 Å². The fourth-order valence-corrected chi connectivity index (χ4v) is 4.17. The van der Waals surface area contributed by atoms with Crippen molar-refractivity contribution in [2.24, 2.45) is 7.05 Å². The van der Waals surface area contributed by atoms with Gasteiger partial charge in [-0.3, -0.25) is 9.59 Å². The first-order valence-electron chi connectivity index (χ1n) is 10.5. The van der Waals surface area contributed by atoms with Crippen LogP contribution in [0.1, 0.15) is 15.9 Å². The maximum absolute atomic E-state index is 12.6. The molecule has 1 heterocycles. The molecule has 0 atom stereocenters. The molecule has 0 fully saturated rings. The van der Waals surface area contributed by atoms with Crippen LogP contribution in [-0.2, 0) is 11.8 Å². The van der Waals surface area contributed by atoms with Crippen molar-refractivity contribution >= 4 is 46.6 Å². The van der Waals surface area contributed by atoms with Gasteiger partial charge in [-0.15, -0.1) is 10.2 Å². The molecule has 4 rings (SSSR count). The van der Waals surface area contributed by atoms with E-state index in [-0.39, 0.29) is 17.6 Å². The van der Waals surface area contributed by atoms with Crippen molar-refractivity contribution in [3.05, 3.63) is 88.9 Å². The highest BCUT2D eigenvalue weighted by Crippen LogP contribution is 2.25. The quantitative estimate of drug-likeness (QED) is 0.337. The van der Waals surface area contributed by atoms with E-state index in [0.29, 0.717) is 27.3 Å². The highest BCUT2D eigenvalue weighted by atomic mass is 35.5. The Morgan fingerprint density at radius 1 is 0.941 bits per heavy atom. The van der Waals surface area contributed by atoms with E-state index in [9.17, 15) is 9.59 Å². The standard InChI is InChI=1S/C25H22ClN5O2S/c1-16-10-12-18(13-11-16)27-22(32)15-34-25-30-29-23(31(25)2)17-6-5-7-19(14-17)28-24(33)20-8-3-4-9-21(20)26/h3-14H,15H2,1-2H3,(H,27,32)(H,28,33). The molecule has 172 valence electrons. The van der Waals surface area contributed by atoms with E-state index in [1.54, 1.807) is 30.3 Å². The molecule has 0 spiro atoms. The molecule has 0 radical (unpaired) electrons. The molecule has 2 N–H and O–H groups in total. The zero-order valence-electron chi connectivity index (χ0n) is 18.6. The van der Waals surface area contributed by atoms with Crippen molar-refractivity contribution in [3.8, 4) is 11.4 Å². The smallest absolute Gasteiger partial charge is 0.257 e. The second kappa shape index (κ2) is 10.5. The van der Waals surface area contributed by atoms with Crippen LogP contribution in [0.25, 0.3) is 11.4 Å².